The minimum atomic E-state index is -1.33. The van der Waals surface area contributed by atoms with Gasteiger partial charge in [0.25, 0.3) is 0 Å². The Morgan fingerprint density at radius 1 is 1.47 bits per heavy atom. The maximum Gasteiger partial charge on any atom is 0.340 e. The molecule has 0 aromatic heterocycles. The van der Waals surface area contributed by atoms with Gasteiger partial charge in [0.15, 0.2) is 4.87 Å². The van der Waals surface area contributed by atoms with E-state index in [1.165, 1.54) is 0 Å². The van der Waals surface area contributed by atoms with E-state index >= 15 is 0 Å². The van der Waals surface area contributed by atoms with Crippen LogP contribution in [0.1, 0.15) is 12.8 Å². The van der Waals surface area contributed by atoms with Crippen molar-refractivity contribution in [2.75, 3.05) is 5.75 Å². The van der Waals surface area contributed by atoms with Gasteiger partial charge in [-0.15, -0.1) is 11.8 Å². The molecule has 0 bridgehead atoms. The molecule has 2 aliphatic heterocycles. The molecule has 6 nitrogen and oxygen atoms in total. The summed E-state index contributed by atoms with van der Waals surface area (Å²) in [5, 5.41) is 18.0. The van der Waals surface area contributed by atoms with Crippen LogP contribution in [0.4, 0.5) is 0 Å². The Labute approximate surface area is 89.2 Å². The van der Waals surface area contributed by atoms with Gasteiger partial charge in [-0.05, 0) is 6.42 Å². The molecule has 1 amide bonds. The van der Waals surface area contributed by atoms with Crippen LogP contribution < -0.4 is 0 Å². The van der Waals surface area contributed by atoms with E-state index in [2.05, 4.69) is 0 Å². The van der Waals surface area contributed by atoms with E-state index in [9.17, 15) is 14.4 Å². The summed E-state index contributed by atoms with van der Waals surface area (Å²) in [6, 6.07) is -0.999. The topological polar surface area (TPSA) is 94.9 Å². The van der Waals surface area contributed by atoms with Gasteiger partial charge in [-0.2, -0.15) is 0 Å². The fourth-order valence-electron chi connectivity index (χ4n) is 2.03. The number of hydrogen-bond acceptors (Lipinski definition) is 4. The standard InChI is InChI=1S/C8H9NO5S/c10-5-1-2-8(7(13)14)9(5)4(3-15-8)6(11)12/h4H,1-3H2,(H,11,12)(H,13,14). The average Bonchev–Trinajstić information content (AvgIpc) is 2.66. The SMILES string of the molecule is O=C(O)C1CSC2(C(=O)O)CCC(=O)N12. The number of rotatable bonds is 2. The molecule has 2 fully saturated rings. The number of aliphatic carboxylic acids is 2. The summed E-state index contributed by atoms with van der Waals surface area (Å²) in [7, 11) is 0. The molecule has 2 rings (SSSR count). The first kappa shape index (κ1) is 10.3. The highest BCUT2D eigenvalue weighted by Crippen LogP contribution is 2.47. The van der Waals surface area contributed by atoms with E-state index in [0.717, 1.165) is 16.7 Å². The van der Waals surface area contributed by atoms with Crippen molar-refractivity contribution in [2.45, 2.75) is 23.8 Å². The molecule has 2 N–H and O–H groups in total. The smallest absolute Gasteiger partial charge is 0.340 e. The molecule has 15 heavy (non-hydrogen) atoms. The molecule has 2 heterocycles. The number of thioether (sulfide) groups is 1. The van der Waals surface area contributed by atoms with Crippen LogP contribution in [0.5, 0.6) is 0 Å². The molecular weight excluding hydrogens is 222 g/mol. The van der Waals surface area contributed by atoms with Crippen molar-refractivity contribution in [3.63, 3.8) is 0 Å². The summed E-state index contributed by atoms with van der Waals surface area (Å²) < 4.78 is 0. The number of carbonyl (C=O) groups is 3. The van der Waals surface area contributed by atoms with Gasteiger partial charge in [0.2, 0.25) is 5.91 Å². The van der Waals surface area contributed by atoms with Crippen molar-refractivity contribution >= 4 is 29.6 Å². The number of carboxylic acids is 2. The second kappa shape index (κ2) is 3.13. The van der Waals surface area contributed by atoms with Crippen molar-refractivity contribution in [3.8, 4) is 0 Å². The molecule has 7 heteroatoms. The van der Waals surface area contributed by atoms with Crippen LogP contribution in [0.2, 0.25) is 0 Å². The summed E-state index contributed by atoms with van der Waals surface area (Å²) in [5.41, 5.74) is 0. The van der Waals surface area contributed by atoms with Crippen molar-refractivity contribution < 1.29 is 24.6 Å². The molecule has 82 valence electrons. The van der Waals surface area contributed by atoms with Gasteiger partial charge in [-0.25, -0.2) is 9.59 Å². The highest BCUT2D eigenvalue weighted by molar-refractivity contribution is 8.01. The quantitative estimate of drug-likeness (QED) is 0.670. The molecule has 2 saturated heterocycles. The summed E-state index contributed by atoms with van der Waals surface area (Å²) in [5.74, 6) is -2.49. The fourth-order valence-corrected chi connectivity index (χ4v) is 3.49. The molecule has 2 atom stereocenters. The average molecular weight is 231 g/mol. The first-order valence-electron chi connectivity index (χ1n) is 4.41. The first-order chi connectivity index (χ1) is 6.99. The summed E-state index contributed by atoms with van der Waals surface area (Å²) in [6.07, 6.45) is 0.304. The number of carbonyl (C=O) groups excluding carboxylic acids is 1. The third-order valence-electron chi connectivity index (χ3n) is 2.75. The van der Waals surface area contributed by atoms with Crippen LogP contribution >= 0.6 is 11.8 Å². The lowest BCUT2D eigenvalue weighted by Crippen LogP contribution is -2.51. The Kier molecular flexibility index (Phi) is 2.14. The highest BCUT2D eigenvalue weighted by Gasteiger charge is 2.60. The van der Waals surface area contributed by atoms with Crippen LogP contribution in [0, 0.1) is 0 Å². The zero-order valence-electron chi connectivity index (χ0n) is 7.67. The van der Waals surface area contributed by atoms with Crippen LogP contribution in [0.3, 0.4) is 0 Å². The second-order valence-electron chi connectivity index (χ2n) is 3.52. The van der Waals surface area contributed by atoms with E-state index in [0.29, 0.717) is 0 Å². The lowest BCUT2D eigenvalue weighted by molar-refractivity contribution is -0.154. The highest BCUT2D eigenvalue weighted by atomic mass is 32.2. The van der Waals surface area contributed by atoms with Crippen LogP contribution in [-0.4, -0.2) is 49.6 Å². The van der Waals surface area contributed by atoms with Crippen molar-refractivity contribution in [3.05, 3.63) is 0 Å². The fraction of sp³-hybridized carbons (Fsp3) is 0.625. The maximum atomic E-state index is 11.5. The molecule has 0 aliphatic carbocycles. The van der Waals surface area contributed by atoms with E-state index in [4.69, 9.17) is 10.2 Å². The van der Waals surface area contributed by atoms with Gasteiger partial charge in [0, 0.05) is 12.2 Å². The molecular formula is C8H9NO5S. The van der Waals surface area contributed by atoms with Gasteiger partial charge in [-0.3, -0.25) is 4.79 Å². The van der Waals surface area contributed by atoms with Gasteiger partial charge in [0.05, 0.1) is 0 Å². The van der Waals surface area contributed by atoms with E-state index in [1.54, 1.807) is 0 Å². The van der Waals surface area contributed by atoms with Gasteiger partial charge >= 0.3 is 11.9 Å². The number of nitrogens with zero attached hydrogens (tertiary/aromatic N) is 1. The van der Waals surface area contributed by atoms with Crippen LogP contribution in [0.15, 0.2) is 0 Å². The normalized spacial score (nSPS) is 34.3. The molecule has 0 saturated carbocycles. The van der Waals surface area contributed by atoms with E-state index < -0.39 is 22.9 Å². The van der Waals surface area contributed by atoms with Gasteiger partial charge in [-0.1, -0.05) is 0 Å². The number of fused-ring (bicyclic) bond motifs is 1. The largest absolute Gasteiger partial charge is 0.480 e. The molecule has 0 aromatic rings. The minimum absolute atomic E-state index is 0.114. The monoisotopic (exact) mass is 231 g/mol. The second-order valence-corrected chi connectivity index (χ2v) is 4.82. The Morgan fingerprint density at radius 2 is 2.13 bits per heavy atom. The predicted molar refractivity (Wildman–Crippen MR) is 50.3 cm³/mol. The number of amides is 1. The molecule has 0 aromatic carbocycles. The molecule has 2 aliphatic rings. The minimum Gasteiger partial charge on any atom is -0.480 e. The molecule has 0 radical (unpaired) electrons. The first-order valence-corrected chi connectivity index (χ1v) is 5.40. The predicted octanol–water partition coefficient (Wildman–Crippen LogP) is -0.410. The van der Waals surface area contributed by atoms with Crippen LogP contribution in [0.25, 0.3) is 0 Å². The van der Waals surface area contributed by atoms with Crippen molar-refractivity contribution in [2.24, 2.45) is 0 Å². The van der Waals surface area contributed by atoms with Gasteiger partial charge < -0.3 is 15.1 Å². The maximum absolute atomic E-state index is 11.5. The lowest BCUT2D eigenvalue weighted by Gasteiger charge is -2.28. The molecule has 0 spiro atoms. The molecule has 2 unspecified atom stereocenters. The summed E-state index contributed by atoms with van der Waals surface area (Å²) in [6.45, 7) is 0. The van der Waals surface area contributed by atoms with Gasteiger partial charge in [0.1, 0.15) is 6.04 Å². The third kappa shape index (κ3) is 1.22. The Hall–Kier alpha value is -1.24. The summed E-state index contributed by atoms with van der Waals surface area (Å²) >= 11 is 1.03. The lowest BCUT2D eigenvalue weighted by atomic mass is 10.2. The van der Waals surface area contributed by atoms with E-state index in [-0.39, 0.29) is 24.5 Å². The van der Waals surface area contributed by atoms with Crippen LogP contribution in [-0.2, 0) is 14.4 Å². The number of carboxylic acid groups (broad SMARTS) is 2. The Morgan fingerprint density at radius 3 is 2.67 bits per heavy atom. The zero-order valence-corrected chi connectivity index (χ0v) is 8.49. The number of hydrogen-bond donors (Lipinski definition) is 2. The van der Waals surface area contributed by atoms with Crippen molar-refractivity contribution in [1.29, 1.82) is 0 Å². The summed E-state index contributed by atoms with van der Waals surface area (Å²) in [4.78, 5) is 33.1. The third-order valence-corrected chi connectivity index (χ3v) is 4.28. The Bertz CT molecular complexity index is 357. The van der Waals surface area contributed by atoms with E-state index in [1.807, 2.05) is 0 Å². The zero-order chi connectivity index (χ0) is 11.2. The Balaban J connectivity index is 2.39. The van der Waals surface area contributed by atoms with Crippen molar-refractivity contribution in [1.82, 2.24) is 4.90 Å².